The summed E-state index contributed by atoms with van der Waals surface area (Å²) in [4.78, 5) is 28.5. The zero-order chi connectivity index (χ0) is 28.6. The highest BCUT2D eigenvalue weighted by Crippen LogP contribution is 2.25. The summed E-state index contributed by atoms with van der Waals surface area (Å²) in [5.74, 6) is -0.439. The molecule has 3 aromatic carbocycles. The van der Waals surface area contributed by atoms with Gasteiger partial charge in [-0.2, -0.15) is 0 Å². The average molecular weight is 550 g/mol. The van der Waals surface area contributed by atoms with E-state index in [9.17, 15) is 18.0 Å². The number of hydrogen-bond donors (Lipinski definition) is 1. The first-order valence-electron chi connectivity index (χ1n) is 13.2. The number of aryl methyl sites for hydroxylation is 3. The summed E-state index contributed by atoms with van der Waals surface area (Å²) in [5.41, 5.74) is 5.37. The van der Waals surface area contributed by atoms with Crippen molar-refractivity contribution in [1.82, 2.24) is 10.2 Å². The standard InChI is InChI=1S/C31H39N3O4S/c1-23-17-18-25(3)28(20-23)34(39(5,37)38)19-11-16-30(35)33(22-27-15-10-9-12-24(27)2)29(31(36)32-4)21-26-13-7-6-8-14-26/h6-10,12-15,17-18,20,29H,11,16,19,21-22H2,1-5H3,(H,32,36). The Balaban J connectivity index is 1.87. The molecule has 1 N–H and O–H groups in total. The van der Waals surface area contributed by atoms with E-state index in [2.05, 4.69) is 5.32 Å². The molecule has 1 atom stereocenters. The van der Waals surface area contributed by atoms with Gasteiger partial charge in [-0.25, -0.2) is 8.42 Å². The Morgan fingerprint density at radius 1 is 0.897 bits per heavy atom. The number of sulfonamides is 1. The molecule has 0 fully saturated rings. The second-order valence-corrected chi connectivity index (χ2v) is 11.9. The Kier molecular flexibility index (Phi) is 10.3. The predicted molar refractivity (Wildman–Crippen MR) is 157 cm³/mol. The smallest absolute Gasteiger partial charge is 0.242 e. The van der Waals surface area contributed by atoms with Crippen molar-refractivity contribution in [2.45, 2.75) is 52.6 Å². The van der Waals surface area contributed by atoms with Gasteiger partial charge in [-0.3, -0.25) is 13.9 Å². The summed E-state index contributed by atoms with van der Waals surface area (Å²) in [6.45, 7) is 6.22. The molecule has 3 aromatic rings. The van der Waals surface area contributed by atoms with E-state index >= 15 is 0 Å². The van der Waals surface area contributed by atoms with Crippen LogP contribution >= 0.6 is 0 Å². The van der Waals surface area contributed by atoms with Crippen LogP contribution in [0.25, 0.3) is 0 Å². The summed E-state index contributed by atoms with van der Waals surface area (Å²) >= 11 is 0. The second-order valence-electron chi connectivity index (χ2n) is 10.00. The molecule has 3 rings (SSSR count). The zero-order valence-corrected chi connectivity index (χ0v) is 24.3. The second kappa shape index (κ2) is 13.4. The Hall–Kier alpha value is -3.65. The highest BCUT2D eigenvalue weighted by Gasteiger charge is 2.30. The molecule has 8 heteroatoms. The molecule has 0 radical (unpaired) electrons. The van der Waals surface area contributed by atoms with Gasteiger partial charge in [0.15, 0.2) is 0 Å². The molecule has 39 heavy (non-hydrogen) atoms. The molecule has 1 unspecified atom stereocenters. The van der Waals surface area contributed by atoms with Crippen molar-refractivity contribution in [2.75, 3.05) is 24.2 Å². The largest absolute Gasteiger partial charge is 0.357 e. The van der Waals surface area contributed by atoms with Crippen LogP contribution in [0.4, 0.5) is 5.69 Å². The molecule has 0 heterocycles. The molecule has 208 valence electrons. The van der Waals surface area contributed by atoms with Crippen LogP contribution in [-0.4, -0.2) is 51.0 Å². The number of benzene rings is 3. The third kappa shape index (κ3) is 8.17. The number of rotatable bonds is 12. The number of carbonyl (C=O) groups excluding carboxylic acids is 2. The normalized spacial score (nSPS) is 12.0. The van der Waals surface area contributed by atoms with Crippen LogP contribution in [-0.2, 0) is 32.6 Å². The molecule has 0 aliphatic rings. The maximum absolute atomic E-state index is 13.8. The van der Waals surface area contributed by atoms with Crippen LogP contribution in [0, 0.1) is 20.8 Å². The number of nitrogens with one attached hydrogen (secondary N) is 1. The van der Waals surface area contributed by atoms with Crippen molar-refractivity contribution in [1.29, 1.82) is 0 Å². The number of amides is 2. The summed E-state index contributed by atoms with van der Waals surface area (Å²) in [6, 6.07) is 22.4. The van der Waals surface area contributed by atoms with Crippen LogP contribution < -0.4 is 9.62 Å². The first-order chi connectivity index (χ1) is 18.5. The molecular formula is C31H39N3O4S. The Labute approximate surface area is 232 Å². The molecule has 7 nitrogen and oxygen atoms in total. The van der Waals surface area contributed by atoms with Gasteiger partial charge in [-0.05, 0) is 61.1 Å². The highest BCUT2D eigenvalue weighted by molar-refractivity contribution is 7.92. The van der Waals surface area contributed by atoms with E-state index in [-0.39, 0.29) is 31.3 Å². The summed E-state index contributed by atoms with van der Waals surface area (Å²) in [6.07, 6.45) is 1.97. The van der Waals surface area contributed by atoms with E-state index in [1.54, 1.807) is 11.9 Å². The fourth-order valence-electron chi connectivity index (χ4n) is 4.66. The molecule has 0 saturated carbocycles. The third-order valence-corrected chi connectivity index (χ3v) is 8.08. The van der Waals surface area contributed by atoms with Gasteiger partial charge >= 0.3 is 0 Å². The maximum Gasteiger partial charge on any atom is 0.242 e. The molecule has 0 saturated heterocycles. The number of likely N-dealkylation sites (N-methyl/N-ethyl adjacent to an activating group) is 1. The SMILES string of the molecule is CNC(=O)C(Cc1ccccc1)N(Cc1ccccc1C)C(=O)CCCN(c1cc(C)ccc1C)S(C)(=O)=O. The van der Waals surface area contributed by atoms with Crippen LogP contribution in [0.5, 0.6) is 0 Å². The lowest BCUT2D eigenvalue weighted by Gasteiger charge is -2.32. The van der Waals surface area contributed by atoms with Crippen molar-refractivity contribution in [3.8, 4) is 0 Å². The van der Waals surface area contributed by atoms with E-state index < -0.39 is 16.1 Å². The van der Waals surface area contributed by atoms with Crippen LogP contribution in [0.1, 0.15) is 40.7 Å². The average Bonchev–Trinajstić information content (AvgIpc) is 2.90. The fraction of sp³-hybridized carbons (Fsp3) is 0.355. The van der Waals surface area contributed by atoms with Crippen LogP contribution in [0.2, 0.25) is 0 Å². The minimum atomic E-state index is -3.56. The van der Waals surface area contributed by atoms with E-state index in [1.807, 2.05) is 93.6 Å². The van der Waals surface area contributed by atoms with Gasteiger partial charge in [0.05, 0.1) is 11.9 Å². The van der Waals surface area contributed by atoms with E-state index in [0.29, 0.717) is 18.5 Å². The van der Waals surface area contributed by atoms with Crippen LogP contribution in [0.15, 0.2) is 72.8 Å². The Morgan fingerprint density at radius 3 is 2.21 bits per heavy atom. The maximum atomic E-state index is 13.8. The molecular weight excluding hydrogens is 510 g/mol. The van der Waals surface area contributed by atoms with E-state index in [1.165, 1.54) is 10.6 Å². The van der Waals surface area contributed by atoms with Gasteiger partial charge in [-0.15, -0.1) is 0 Å². The Morgan fingerprint density at radius 2 is 1.56 bits per heavy atom. The topological polar surface area (TPSA) is 86.8 Å². The van der Waals surface area contributed by atoms with Gasteiger partial charge in [0.25, 0.3) is 0 Å². The monoisotopic (exact) mass is 549 g/mol. The quantitative estimate of drug-likeness (QED) is 0.359. The van der Waals surface area contributed by atoms with E-state index in [4.69, 9.17) is 0 Å². The van der Waals surface area contributed by atoms with Crippen molar-refractivity contribution in [3.63, 3.8) is 0 Å². The molecule has 0 aliphatic carbocycles. The number of nitrogens with zero attached hydrogens (tertiary/aromatic N) is 2. The van der Waals surface area contributed by atoms with Crippen molar-refractivity contribution < 1.29 is 18.0 Å². The lowest BCUT2D eigenvalue weighted by Crippen LogP contribution is -2.50. The summed E-state index contributed by atoms with van der Waals surface area (Å²) in [7, 11) is -1.99. The molecule has 0 bridgehead atoms. The lowest BCUT2D eigenvalue weighted by molar-refractivity contribution is -0.141. The number of carbonyl (C=O) groups is 2. The van der Waals surface area contributed by atoms with E-state index in [0.717, 1.165) is 27.8 Å². The molecule has 0 aromatic heterocycles. The first kappa shape index (κ1) is 29.9. The third-order valence-electron chi connectivity index (χ3n) is 6.90. The Bertz CT molecular complexity index is 1390. The van der Waals surface area contributed by atoms with Crippen LogP contribution in [0.3, 0.4) is 0 Å². The number of anilines is 1. The zero-order valence-electron chi connectivity index (χ0n) is 23.5. The van der Waals surface area contributed by atoms with Crippen molar-refractivity contribution >= 4 is 27.5 Å². The van der Waals surface area contributed by atoms with Gasteiger partial charge in [-0.1, -0.05) is 66.7 Å². The van der Waals surface area contributed by atoms with Gasteiger partial charge < -0.3 is 10.2 Å². The highest BCUT2D eigenvalue weighted by atomic mass is 32.2. The fourth-order valence-corrected chi connectivity index (χ4v) is 5.68. The van der Waals surface area contributed by atoms with Crippen molar-refractivity contribution in [3.05, 3.63) is 101 Å². The summed E-state index contributed by atoms with van der Waals surface area (Å²) in [5, 5.41) is 2.73. The first-order valence-corrected chi connectivity index (χ1v) is 15.0. The minimum absolute atomic E-state index is 0.102. The molecule has 0 spiro atoms. The summed E-state index contributed by atoms with van der Waals surface area (Å²) < 4.78 is 26.8. The lowest BCUT2D eigenvalue weighted by atomic mass is 10.0. The van der Waals surface area contributed by atoms with Crippen molar-refractivity contribution in [2.24, 2.45) is 0 Å². The molecule has 0 aliphatic heterocycles. The minimum Gasteiger partial charge on any atom is -0.357 e. The molecule has 2 amide bonds. The van der Waals surface area contributed by atoms with Gasteiger partial charge in [0.1, 0.15) is 6.04 Å². The van der Waals surface area contributed by atoms with Gasteiger partial charge in [0.2, 0.25) is 21.8 Å². The predicted octanol–water partition coefficient (Wildman–Crippen LogP) is 4.54. The number of hydrogen-bond acceptors (Lipinski definition) is 4. The van der Waals surface area contributed by atoms with Gasteiger partial charge in [0, 0.05) is 33.0 Å².